The van der Waals surface area contributed by atoms with E-state index >= 15 is 0 Å². The number of likely N-dealkylation sites (N-methyl/N-ethyl adjacent to an activating group) is 1. The molecular weight excluding hydrogens is 420 g/mol. The number of aryl methyl sites for hydroxylation is 3. The van der Waals surface area contributed by atoms with Crippen LogP contribution >= 0.6 is 11.3 Å². The molecule has 7 heteroatoms. The molecule has 0 aliphatic carbocycles. The first-order chi connectivity index (χ1) is 15.3. The van der Waals surface area contributed by atoms with Crippen LogP contribution in [0.2, 0.25) is 0 Å². The van der Waals surface area contributed by atoms with Crippen LogP contribution in [0.4, 0.5) is 5.69 Å². The van der Waals surface area contributed by atoms with Crippen LogP contribution in [0.25, 0.3) is 21.3 Å². The largest absolute Gasteiger partial charge is 0.325 e. The first kappa shape index (κ1) is 21.9. The van der Waals surface area contributed by atoms with Crippen molar-refractivity contribution in [1.29, 1.82) is 0 Å². The molecule has 1 amide bonds. The Bertz CT molecular complexity index is 1320. The third-order valence-electron chi connectivity index (χ3n) is 5.30. The molecule has 2 aromatic carbocycles. The van der Waals surface area contributed by atoms with Gasteiger partial charge >= 0.3 is 0 Å². The molecule has 0 aliphatic rings. The normalized spacial score (nSPS) is 11.3. The molecule has 0 radical (unpaired) electrons. The third kappa shape index (κ3) is 4.79. The molecule has 0 spiro atoms. The van der Waals surface area contributed by atoms with Gasteiger partial charge < -0.3 is 10.3 Å². The number of H-pyrrole nitrogens is 1. The summed E-state index contributed by atoms with van der Waals surface area (Å²) < 4.78 is 0. The van der Waals surface area contributed by atoms with Gasteiger partial charge in [0.2, 0.25) is 5.91 Å². The topological polar surface area (TPSA) is 78.1 Å². The Hall–Kier alpha value is -3.29. The summed E-state index contributed by atoms with van der Waals surface area (Å²) in [6.07, 6.45) is 0. The van der Waals surface area contributed by atoms with E-state index in [0.29, 0.717) is 22.6 Å². The highest BCUT2D eigenvalue weighted by molar-refractivity contribution is 7.19. The number of carbonyl (C=O) groups is 1. The Morgan fingerprint density at radius 2 is 1.66 bits per heavy atom. The van der Waals surface area contributed by atoms with Crippen molar-refractivity contribution in [3.05, 3.63) is 80.7 Å². The number of carbonyl (C=O) groups excluding carboxylic acids is 1. The highest BCUT2D eigenvalue weighted by atomic mass is 32.1. The average Bonchev–Trinajstić information content (AvgIpc) is 3.06. The number of fused-ring (bicyclic) bond motifs is 1. The lowest BCUT2D eigenvalue weighted by Crippen LogP contribution is -2.31. The first-order valence-corrected chi connectivity index (χ1v) is 11.3. The van der Waals surface area contributed by atoms with E-state index in [2.05, 4.69) is 10.3 Å². The molecule has 2 N–H and O–H groups in total. The van der Waals surface area contributed by atoms with Gasteiger partial charge in [0.25, 0.3) is 5.56 Å². The molecule has 6 nitrogen and oxygen atoms in total. The number of rotatable bonds is 6. The quantitative estimate of drug-likeness (QED) is 0.452. The molecular formula is C25H26N4O2S. The summed E-state index contributed by atoms with van der Waals surface area (Å²) >= 11 is 1.52. The number of aromatic amines is 1. The zero-order chi connectivity index (χ0) is 22.8. The number of nitrogens with zero attached hydrogens (tertiary/aromatic N) is 2. The van der Waals surface area contributed by atoms with Crippen molar-refractivity contribution >= 4 is 33.1 Å². The van der Waals surface area contributed by atoms with E-state index in [-0.39, 0.29) is 18.0 Å². The Labute approximate surface area is 190 Å². The van der Waals surface area contributed by atoms with Crippen LogP contribution in [0.3, 0.4) is 0 Å². The Morgan fingerprint density at radius 3 is 2.31 bits per heavy atom. The zero-order valence-corrected chi connectivity index (χ0v) is 19.5. The number of hydrogen-bond donors (Lipinski definition) is 2. The van der Waals surface area contributed by atoms with Crippen LogP contribution in [0.15, 0.2) is 53.3 Å². The second-order valence-electron chi connectivity index (χ2n) is 8.18. The third-order valence-corrected chi connectivity index (χ3v) is 6.29. The molecule has 4 rings (SSSR count). The SMILES string of the molecule is Cc1ccc(NC(=O)CN(C)Cc2nc3sc(C)c(-c4ccc(C)cc4)c3c(=O)[nH]2)cc1. The highest BCUT2D eigenvalue weighted by Gasteiger charge is 2.17. The number of nitrogens with one attached hydrogen (secondary N) is 2. The second-order valence-corrected chi connectivity index (χ2v) is 9.38. The molecule has 164 valence electrons. The van der Waals surface area contributed by atoms with Gasteiger partial charge in [-0.2, -0.15) is 0 Å². The zero-order valence-electron chi connectivity index (χ0n) is 18.7. The summed E-state index contributed by atoms with van der Waals surface area (Å²) in [6, 6.07) is 15.8. The molecule has 0 atom stereocenters. The molecule has 0 aliphatic heterocycles. The van der Waals surface area contributed by atoms with Gasteiger partial charge in [-0.05, 0) is 45.5 Å². The van der Waals surface area contributed by atoms with E-state index in [4.69, 9.17) is 4.98 Å². The van der Waals surface area contributed by atoms with E-state index in [9.17, 15) is 9.59 Å². The van der Waals surface area contributed by atoms with Gasteiger partial charge in [0.1, 0.15) is 10.7 Å². The van der Waals surface area contributed by atoms with Crippen LogP contribution < -0.4 is 10.9 Å². The summed E-state index contributed by atoms with van der Waals surface area (Å²) in [5.74, 6) is 0.429. The van der Waals surface area contributed by atoms with Gasteiger partial charge in [0.05, 0.1) is 18.5 Å². The molecule has 2 heterocycles. The fourth-order valence-electron chi connectivity index (χ4n) is 3.70. The van der Waals surface area contributed by atoms with Crippen LogP contribution in [0, 0.1) is 20.8 Å². The Kier molecular flexibility index (Phi) is 6.21. The number of hydrogen-bond acceptors (Lipinski definition) is 5. The minimum atomic E-state index is -0.151. The number of aromatic nitrogens is 2. The summed E-state index contributed by atoms with van der Waals surface area (Å²) in [5, 5.41) is 3.51. The van der Waals surface area contributed by atoms with Gasteiger partial charge in [-0.3, -0.25) is 14.5 Å². The lowest BCUT2D eigenvalue weighted by molar-refractivity contribution is -0.117. The van der Waals surface area contributed by atoms with E-state index < -0.39 is 0 Å². The molecule has 0 bridgehead atoms. The van der Waals surface area contributed by atoms with E-state index in [1.54, 1.807) is 0 Å². The summed E-state index contributed by atoms with van der Waals surface area (Å²) in [4.78, 5) is 36.5. The molecule has 32 heavy (non-hydrogen) atoms. The number of thiophene rings is 1. The van der Waals surface area contributed by atoms with Crippen molar-refractivity contribution in [3.63, 3.8) is 0 Å². The van der Waals surface area contributed by atoms with Crippen LogP contribution in [-0.2, 0) is 11.3 Å². The minimum absolute atomic E-state index is 0.117. The van der Waals surface area contributed by atoms with Crippen LogP contribution in [-0.4, -0.2) is 34.4 Å². The smallest absolute Gasteiger partial charge is 0.260 e. The fraction of sp³-hybridized carbons (Fsp3) is 0.240. The van der Waals surface area contributed by atoms with Gasteiger partial charge in [0.15, 0.2) is 0 Å². The first-order valence-electron chi connectivity index (χ1n) is 10.4. The monoisotopic (exact) mass is 446 g/mol. The predicted molar refractivity (Wildman–Crippen MR) is 131 cm³/mol. The lowest BCUT2D eigenvalue weighted by Gasteiger charge is -2.15. The predicted octanol–water partition coefficient (Wildman–Crippen LogP) is 4.65. The van der Waals surface area contributed by atoms with Crippen molar-refractivity contribution in [3.8, 4) is 11.1 Å². The average molecular weight is 447 g/mol. The maximum absolute atomic E-state index is 13.0. The summed E-state index contributed by atoms with van der Waals surface area (Å²) in [6.45, 7) is 6.61. The van der Waals surface area contributed by atoms with E-state index in [1.807, 2.05) is 81.2 Å². The standard InChI is InChI=1S/C25H26N4O2S/c1-15-5-9-18(10-6-15)22-17(3)32-25-23(22)24(31)27-20(28-25)13-29(4)14-21(30)26-19-11-7-16(2)8-12-19/h5-12H,13-14H2,1-4H3,(H,26,30)(H,27,28,31). The Morgan fingerprint density at radius 1 is 1.03 bits per heavy atom. The van der Waals surface area contributed by atoms with Crippen LogP contribution in [0.1, 0.15) is 21.8 Å². The highest BCUT2D eigenvalue weighted by Crippen LogP contribution is 2.35. The fourth-order valence-corrected chi connectivity index (χ4v) is 4.76. The molecule has 0 saturated heterocycles. The van der Waals surface area contributed by atoms with Crippen molar-refractivity contribution in [2.24, 2.45) is 0 Å². The van der Waals surface area contributed by atoms with Crippen molar-refractivity contribution < 1.29 is 4.79 Å². The lowest BCUT2D eigenvalue weighted by atomic mass is 10.0. The number of benzene rings is 2. The Balaban J connectivity index is 1.51. The van der Waals surface area contributed by atoms with Gasteiger partial charge in [-0.15, -0.1) is 11.3 Å². The van der Waals surface area contributed by atoms with E-state index in [0.717, 1.165) is 27.3 Å². The molecule has 0 unspecified atom stereocenters. The van der Waals surface area contributed by atoms with Gasteiger partial charge in [-0.1, -0.05) is 47.5 Å². The van der Waals surface area contributed by atoms with Crippen LogP contribution in [0.5, 0.6) is 0 Å². The number of amides is 1. The summed E-state index contributed by atoms with van der Waals surface area (Å²) in [7, 11) is 1.83. The van der Waals surface area contributed by atoms with Crippen molar-refractivity contribution in [2.45, 2.75) is 27.3 Å². The minimum Gasteiger partial charge on any atom is -0.325 e. The van der Waals surface area contributed by atoms with E-state index in [1.165, 1.54) is 16.9 Å². The van der Waals surface area contributed by atoms with Gasteiger partial charge in [0, 0.05) is 16.1 Å². The molecule has 0 fully saturated rings. The molecule has 0 saturated carbocycles. The maximum atomic E-state index is 13.0. The van der Waals surface area contributed by atoms with Gasteiger partial charge in [-0.25, -0.2) is 4.98 Å². The van der Waals surface area contributed by atoms with Crippen molar-refractivity contribution in [2.75, 3.05) is 18.9 Å². The second kappa shape index (κ2) is 9.06. The summed E-state index contributed by atoms with van der Waals surface area (Å²) in [5.41, 5.74) is 4.89. The number of anilines is 1. The molecule has 4 aromatic rings. The molecule has 2 aromatic heterocycles. The maximum Gasteiger partial charge on any atom is 0.260 e. The van der Waals surface area contributed by atoms with Crippen molar-refractivity contribution in [1.82, 2.24) is 14.9 Å².